The summed E-state index contributed by atoms with van der Waals surface area (Å²) in [6, 6.07) is 0. The maximum absolute atomic E-state index is 2.39. The summed E-state index contributed by atoms with van der Waals surface area (Å²) in [7, 11) is -0.221. The lowest BCUT2D eigenvalue weighted by molar-refractivity contribution is -0.930. The van der Waals surface area contributed by atoms with Crippen molar-refractivity contribution >= 4 is 9.84 Å². The number of nitrogens with zero attached hydrogens (tertiary/aromatic N) is 2. The van der Waals surface area contributed by atoms with E-state index in [4.69, 9.17) is 0 Å². The van der Waals surface area contributed by atoms with Crippen molar-refractivity contribution in [2.24, 2.45) is 0 Å². The second-order valence-corrected chi connectivity index (χ2v) is 12.3. The van der Waals surface area contributed by atoms with Gasteiger partial charge in [0.05, 0.1) is 39.3 Å². The Morgan fingerprint density at radius 3 is 0.704 bits per heavy atom. The van der Waals surface area contributed by atoms with E-state index in [9.17, 15) is 0 Å². The molecular formula is C24H56N2Si+2. The van der Waals surface area contributed by atoms with Crippen LogP contribution in [0.15, 0.2) is 0 Å². The van der Waals surface area contributed by atoms with E-state index in [-0.39, 0.29) is 9.84 Å². The molecule has 2 nitrogen and oxygen atoms in total. The average Bonchev–Trinajstić information content (AvgIpc) is 2.70. The molecule has 0 saturated carbocycles. The van der Waals surface area contributed by atoms with Crippen LogP contribution in [0.25, 0.3) is 0 Å². The normalized spacial score (nSPS) is 12.7. The van der Waals surface area contributed by atoms with Crippen molar-refractivity contribution in [2.45, 2.75) is 119 Å². The van der Waals surface area contributed by atoms with E-state index >= 15 is 0 Å². The molecule has 0 saturated heterocycles. The molecular weight excluding hydrogens is 344 g/mol. The fourth-order valence-corrected chi connectivity index (χ4v) is 8.16. The molecule has 0 aromatic heterocycles. The van der Waals surface area contributed by atoms with Crippen LogP contribution in [0.4, 0.5) is 0 Å². The molecule has 0 unspecified atom stereocenters. The van der Waals surface area contributed by atoms with Gasteiger partial charge in [-0.15, -0.1) is 0 Å². The Morgan fingerprint density at radius 1 is 0.370 bits per heavy atom. The first-order chi connectivity index (χ1) is 13.1. The third-order valence-corrected chi connectivity index (χ3v) is 9.61. The van der Waals surface area contributed by atoms with Gasteiger partial charge in [-0.05, 0) is 38.5 Å². The molecule has 0 N–H and O–H groups in total. The van der Waals surface area contributed by atoms with Gasteiger partial charge in [-0.25, -0.2) is 0 Å². The van der Waals surface area contributed by atoms with Gasteiger partial charge in [0.1, 0.15) is 0 Å². The molecule has 0 atom stereocenters. The second kappa shape index (κ2) is 17.0. The monoisotopic (exact) mass is 400 g/mol. The summed E-state index contributed by atoms with van der Waals surface area (Å²) in [4.78, 5) is 0. The zero-order valence-electron chi connectivity index (χ0n) is 20.3. The van der Waals surface area contributed by atoms with Gasteiger partial charge >= 0.3 is 9.84 Å². The van der Waals surface area contributed by atoms with Gasteiger partial charge in [-0.2, -0.15) is 0 Å². The summed E-state index contributed by atoms with van der Waals surface area (Å²) < 4.78 is 3.10. The number of hydrogen-bond acceptors (Lipinski definition) is 0. The first-order valence-electron chi connectivity index (χ1n) is 12.8. The third-order valence-electron chi connectivity index (χ3n) is 6.52. The van der Waals surface area contributed by atoms with Crippen LogP contribution in [0, 0.1) is 0 Å². The molecule has 0 spiro atoms. The average molecular weight is 401 g/mol. The minimum atomic E-state index is -0.221. The molecule has 164 valence electrons. The molecule has 0 aromatic rings. The minimum absolute atomic E-state index is 0.221. The molecule has 3 heteroatoms. The molecule has 0 aliphatic heterocycles. The van der Waals surface area contributed by atoms with Crippen molar-refractivity contribution in [3.63, 3.8) is 0 Å². The Kier molecular flexibility index (Phi) is 17.1. The Balaban J connectivity index is 5.66. The maximum Gasteiger partial charge on any atom is 0.493 e. The van der Waals surface area contributed by atoms with Gasteiger partial charge < -0.3 is 8.30 Å². The lowest BCUT2D eigenvalue weighted by Gasteiger charge is -2.48. The predicted octanol–water partition coefficient (Wildman–Crippen LogP) is 6.42. The Labute approximate surface area is 176 Å². The lowest BCUT2D eigenvalue weighted by Crippen LogP contribution is -2.67. The smallest absolute Gasteiger partial charge is 0.340 e. The van der Waals surface area contributed by atoms with Crippen LogP contribution in [0.3, 0.4) is 0 Å². The molecule has 0 rings (SSSR count). The highest BCUT2D eigenvalue weighted by Gasteiger charge is 2.40. The lowest BCUT2D eigenvalue weighted by atomic mass is 10.2. The molecule has 0 aromatic carbocycles. The molecule has 0 fully saturated rings. The SMILES string of the molecule is CCCC[N+](CCCC)(CCCC)[SiH2][N+](CCCC)(CCCC)CCCC. The first kappa shape index (κ1) is 27.1. The zero-order valence-corrected chi connectivity index (χ0v) is 21.7. The molecule has 0 heterocycles. The van der Waals surface area contributed by atoms with Gasteiger partial charge in [0.25, 0.3) is 0 Å². The Morgan fingerprint density at radius 2 is 0.556 bits per heavy atom. The summed E-state index contributed by atoms with van der Waals surface area (Å²) in [5.41, 5.74) is 0. The van der Waals surface area contributed by atoms with Crippen molar-refractivity contribution in [3.05, 3.63) is 0 Å². The molecule has 0 radical (unpaired) electrons. The van der Waals surface area contributed by atoms with Crippen LogP contribution in [-0.4, -0.2) is 57.4 Å². The molecule has 0 amide bonds. The van der Waals surface area contributed by atoms with E-state index in [1.165, 1.54) is 116 Å². The fourth-order valence-electron chi connectivity index (χ4n) is 4.69. The first-order valence-corrected chi connectivity index (χ1v) is 14.0. The van der Waals surface area contributed by atoms with E-state index in [0.717, 1.165) is 0 Å². The highest BCUT2D eigenvalue weighted by atomic mass is 28.2. The Bertz CT molecular complexity index is 246. The summed E-state index contributed by atoms with van der Waals surface area (Å²) in [5, 5.41) is 0. The van der Waals surface area contributed by atoms with Crippen molar-refractivity contribution in [1.29, 1.82) is 0 Å². The summed E-state index contributed by atoms with van der Waals surface area (Å²) in [6.45, 7) is 23.2. The number of hydrogen-bond donors (Lipinski definition) is 0. The highest BCUT2D eigenvalue weighted by Crippen LogP contribution is 2.22. The molecule has 0 bridgehead atoms. The third kappa shape index (κ3) is 11.7. The van der Waals surface area contributed by atoms with Gasteiger partial charge in [0.2, 0.25) is 0 Å². The molecule has 0 aliphatic rings. The standard InChI is InChI=1S/C24H56N2Si/c1-7-13-19-25(20-14-8-2,21-15-9-3)27-26(22-16-10-4,23-17-11-5)24-18-12-6/h7-24,27H2,1-6H3/q+2. The van der Waals surface area contributed by atoms with Crippen molar-refractivity contribution in [3.8, 4) is 0 Å². The van der Waals surface area contributed by atoms with Crippen molar-refractivity contribution in [2.75, 3.05) is 39.3 Å². The fraction of sp³-hybridized carbons (Fsp3) is 1.00. The minimum Gasteiger partial charge on any atom is -0.340 e. The largest absolute Gasteiger partial charge is 0.493 e. The van der Waals surface area contributed by atoms with Gasteiger partial charge in [0, 0.05) is 0 Å². The number of quaternary nitrogens is 2. The van der Waals surface area contributed by atoms with Crippen molar-refractivity contribution < 1.29 is 8.30 Å². The van der Waals surface area contributed by atoms with Crippen LogP contribution < -0.4 is 0 Å². The van der Waals surface area contributed by atoms with Crippen LogP contribution >= 0.6 is 0 Å². The topological polar surface area (TPSA) is 0 Å². The zero-order chi connectivity index (χ0) is 20.4. The number of rotatable bonds is 20. The molecule has 0 aliphatic carbocycles. The van der Waals surface area contributed by atoms with E-state index in [1.54, 1.807) is 8.30 Å². The highest BCUT2D eigenvalue weighted by molar-refractivity contribution is 6.16. The van der Waals surface area contributed by atoms with E-state index in [2.05, 4.69) is 41.5 Å². The summed E-state index contributed by atoms with van der Waals surface area (Å²) in [5.74, 6) is 0. The predicted molar refractivity (Wildman–Crippen MR) is 128 cm³/mol. The molecule has 27 heavy (non-hydrogen) atoms. The quantitative estimate of drug-likeness (QED) is 0.207. The second-order valence-electron chi connectivity index (χ2n) is 9.29. The van der Waals surface area contributed by atoms with Gasteiger partial charge in [0.15, 0.2) is 0 Å². The van der Waals surface area contributed by atoms with Crippen LogP contribution in [0.1, 0.15) is 119 Å². The van der Waals surface area contributed by atoms with E-state index < -0.39 is 0 Å². The maximum atomic E-state index is 2.39. The van der Waals surface area contributed by atoms with Gasteiger partial charge in [-0.3, -0.25) is 0 Å². The van der Waals surface area contributed by atoms with Crippen LogP contribution in [0.2, 0.25) is 0 Å². The summed E-state index contributed by atoms with van der Waals surface area (Å²) in [6.07, 6.45) is 16.8. The van der Waals surface area contributed by atoms with Gasteiger partial charge in [-0.1, -0.05) is 80.1 Å². The van der Waals surface area contributed by atoms with Crippen LogP contribution in [-0.2, 0) is 0 Å². The number of unbranched alkanes of at least 4 members (excludes halogenated alkanes) is 6. The van der Waals surface area contributed by atoms with E-state index in [0.29, 0.717) is 0 Å². The van der Waals surface area contributed by atoms with Crippen LogP contribution in [0.5, 0.6) is 0 Å². The van der Waals surface area contributed by atoms with Crippen molar-refractivity contribution in [1.82, 2.24) is 0 Å². The van der Waals surface area contributed by atoms with E-state index in [1.807, 2.05) is 0 Å². The Hall–Kier alpha value is 0.137. The summed E-state index contributed by atoms with van der Waals surface area (Å²) >= 11 is 0.